The fourth-order valence-corrected chi connectivity index (χ4v) is 3.87. The van der Waals surface area contributed by atoms with E-state index in [1.165, 1.54) is 0 Å². The Morgan fingerprint density at radius 3 is 1.91 bits per heavy atom. The van der Waals surface area contributed by atoms with Crippen molar-refractivity contribution in [2.24, 2.45) is 0 Å². The molecule has 1 N–H and O–H groups in total. The van der Waals surface area contributed by atoms with E-state index in [-0.39, 0.29) is 5.91 Å². The van der Waals surface area contributed by atoms with E-state index in [0.29, 0.717) is 11.1 Å². The van der Waals surface area contributed by atoms with Crippen molar-refractivity contribution in [1.82, 2.24) is 9.97 Å². The first-order valence-corrected chi connectivity index (χ1v) is 10.9. The van der Waals surface area contributed by atoms with Gasteiger partial charge in [0, 0.05) is 22.4 Å². The zero-order valence-electron chi connectivity index (χ0n) is 18.5. The summed E-state index contributed by atoms with van der Waals surface area (Å²) in [6.45, 7) is 4.04. The minimum absolute atomic E-state index is 0.166. The second-order valence-electron chi connectivity index (χ2n) is 8.06. The van der Waals surface area contributed by atoms with E-state index in [4.69, 9.17) is 9.97 Å². The molecule has 0 aliphatic heterocycles. The number of rotatable bonds is 4. The average Bonchev–Trinajstić information content (AvgIpc) is 2.86. The summed E-state index contributed by atoms with van der Waals surface area (Å²) in [5, 5.41) is 3.03. The maximum Gasteiger partial charge on any atom is 0.255 e. The molecule has 0 aliphatic rings. The summed E-state index contributed by atoms with van der Waals surface area (Å²) in [5.74, 6) is -0.166. The van der Waals surface area contributed by atoms with E-state index in [0.717, 1.165) is 44.8 Å². The summed E-state index contributed by atoms with van der Waals surface area (Å²) < 4.78 is 0. The fraction of sp³-hybridized carbons (Fsp3) is 0.0690. The number of hydrogen-bond donors (Lipinski definition) is 1. The first-order valence-electron chi connectivity index (χ1n) is 10.9. The van der Waals surface area contributed by atoms with Crippen molar-refractivity contribution in [3.8, 4) is 22.5 Å². The minimum Gasteiger partial charge on any atom is -0.322 e. The van der Waals surface area contributed by atoms with E-state index in [1.54, 1.807) is 6.07 Å². The highest BCUT2D eigenvalue weighted by atomic mass is 16.1. The first-order chi connectivity index (χ1) is 16.1. The fourth-order valence-electron chi connectivity index (χ4n) is 3.87. The van der Waals surface area contributed by atoms with Crippen molar-refractivity contribution in [3.05, 3.63) is 114 Å². The standard InChI is InChI=1S/C29H23N3O/c1-19-10-9-15-24(20(19)2)32-29(33)23-16-17-25-26(18-23)31-28(22-13-7-4-8-14-22)27(30-25)21-11-5-3-6-12-21/h3-18H,1-2H3,(H,32,33). The molecule has 1 heterocycles. The van der Waals surface area contributed by atoms with Gasteiger partial charge in [-0.15, -0.1) is 0 Å². The lowest BCUT2D eigenvalue weighted by atomic mass is 10.0. The van der Waals surface area contributed by atoms with Crippen molar-refractivity contribution >= 4 is 22.6 Å². The Labute approximate surface area is 193 Å². The SMILES string of the molecule is Cc1cccc(NC(=O)c2ccc3nc(-c4ccccc4)c(-c4ccccc4)nc3c2)c1C. The van der Waals surface area contributed by atoms with Gasteiger partial charge >= 0.3 is 0 Å². The molecule has 0 spiro atoms. The number of benzene rings is 4. The van der Waals surface area contributed by atoms with Crippen LogP contribution in [0.5, 0.6) is 0 Å². The smallest absolute Gasteiger partial charge is 0.255 e. The van der Waals surface area contributed by atoms with Gasteiger partial charge in [0.2, 0.25) is 0 Å². The lowest BCUT2D eigenvalue weighted by molar-refractivity contribution is 0.102. The molecule has 0 aliphatic carbocycles. The molecule has 0 radical (unpaired) electrons. The van der Waals surface area contributed by atoms with Crippen molar-refractivity contribution in [1.29, 1.82) is 0 Å². The Morgan fingerprint density at radius 2 is 1.27 bits per heavy atom. The minimum atomic E-state index is -0.166. The molecule has 0 saturated heterocycles. The largest absolute Gasteiger partial charge is 0.322 e. The number of hydrogen-bond acceptors (Lipinski definition) is 3. The normalized spacial score (nSPS) is 10.8. The van der Waals surface area contributed by atoms with Gasteiger partial charge in [-0.2, -0.15) is 0 Å². The quantitative estimate of drug-likeness (QED) is 0.340. The Kier molecular flexibility index (Phi) is 5.41. The number of nitrogens with zero attached hydrogens (tertiary/aromatic N) is 2. The van der Waals surface area contributed by atoms with Crippen molar-refractivity contribution in [2.75, 3.05) is 5.32 Å². The van der Waals surface area contributed by atoms with E-state index in [1.807, 2.05) is 105 Å². The number of amides is 1. The topological polar surface area (TPSA) is 54.9 Å². The third kappa shape index (κ3) is 4.11. The third-order valence-electron chi connectivity index (χ3n) is 5.87. The van der Waals surface area contributed by atoms with Gasteiger partial charge in [0.05, 0.1) is 22.4 Å². The van der Waals surface area contributed by atoms with Crippen molar-refractivity contribution < 1.29 is 4.79 Å². The van der Waals surface area contributed by atoms with Crippen LogP contribution < -0.4 is 5.32 Å². The zero-order chi connectivity index (χ0) is 22.8. The van der Waals surface area contributed by atoms with Gasteiger partial charge in [0.15, 0.2) is 0 Å². The highest BCUT2D eigenvalue weighted by Gasteiger charge is 2.15. The van der Waals surface area contributed by atoms with Crippen LogP contribution >= 0.6 is 0 Å². The predicted octanol–water partition coefficient (Wildman–Crippen LogP) is 6.83. The molecule has 160 valence electrons. The molecule has 4 heteroatoms. The van der Waals surface area contributed by atoms with Gasteiger partial charge in [0.1, 0.15) is 0 Å². The summed E-state index contributed by atoms with van der Waals surface area (Å²) in [6.07, 6.45) is 0. The summed E-state index contributed by atoms with van der Waals surface area (Å²) in [7, 11) is 0. The number of aromatic nitrogens is 2. The first kappa shape index (κ1) is 20.6. The molecule has 4 aromatic carbocycles. The molecule has 5 rings (SSSR count). The van der Waals surface area contributed by atoms with Crippen molar-refractivity contribution in [3.63, 3.8) is 0 Å². The molecule has 5 aromatic rings. The molecule has 0 saturated carbocycles. The van der Waals surface area contributed by atoms with Crippen LogP contribution in [0.25, 0.3) is 33.5 Å². The Morgan fingerprint density at radius 1 is 0.667 bits per heavy atom. The predicted molar refractivity (Wildman–Crippen MR) is 134 cm³/mol. The summed E-state index contributed by atoms with van der Waals surface area (Å²) >= 11 is 0. The van der Waals surface area contributed by atoms with Crippen LogP contribution in [0.3, 0.4) is 0 Å². The zero-order valence-corrected chi connectivity index (χ0v) is 18.5. The number of anilines is 1. The molecular formula is C29H23N3O. The van der Waals surface area contributed by atoms with Gasteiger partial charge < -0.3 is 5.32 Å². The van der Waals surface area contributed by atoms with Gasteiger partial charge in [0.25, 0.3) is 5.91 Å². The molecule has 1 aromatic heterocycles. The van der Waals surface area contributed by atoms with Crippen LogP contribution in [0.15, 0.2) is 97.1 Å². The number of carbonyl (C=O) groups excluding carboxylic acids is 1. The van der Waals surface area contributed by atoms with E-state index >= 15 is 0 Å². The summed E-state index contributed by atoms with van der Waals surface area (Å²) in [4.78, 5) is 22.9. The molecule has 33 heavy (non-hydrogen) atoms. The summed E-state index contributed by atoms with van der Waals surface area (Å²) in [5.41, 5.74) is 8.59. The molecular weight excluding hydrogens is 406 g/mol. The van der Waals surface area contributed by atoms with Crippen molar-refractivity contribution in [2.45, 2.75) is 13.8 Å². The highest BCUT2D eigenvalue weighted by molar-refractivity contribution is 6.06. The molecule has 1 amide bonds. The number of fused-ring (bicyclic) bond motifs is 1. The molecule has 4 nitrogen and oxygen atoms in total. The number of nitrogens with one attached hydrogen (secondary N) is 1. The number of carbonyl (C=O) groups is 1. The Hall–Kier alpha value is -4.31. The molecule has 0 bridgehead atoms. The van der Waals surface area contributed by atoms with Crippen LogP contribution in [0, 0.1) is 13.8 Å². The third-order valence-corrected chi connectivity index (χ3v) is 5.87. The highest BCUT2D eigenvalue weighted by Crippen LogP contribution is 2.31. The van der Waals surface area contributed by atoms with Crippen LogP contribution in [0.2, 0.25) is 0 Å². The monoisotopic (exact) mass is 429 g/mol. The second kappa shape index (κ2) is 8.67. The van der Waals surface area contributed by atoms with Gasteiger partial charge in [-0.3, -0.25) is 4.79 Å². The Bertz CT molecular complexity index is 1460. The van der Waals surface area contributed by atoms with Crippen LogP contribution in [-0.4, -0.2) is 15.9 Å². The van der Waals surface area contributed by atoms with E-state index < -0.39 is 0 Å². The lowest BCUT2D eigenvalue weighted by Crippen LogP contribution is -2.13. The Balaban J connectivity index is 1.59. The van der Waals surface area contributed by atoms with Crippen LogP contribution in [0.1, 0.15) is 21.5 Å². The van der Waals surface area contributed by atoms with E-state index in [9.17, 15) is 4.79 Å². The summed E-state index contributed by atoms with van der Waals surface area (Å²) in [6, 6.07) is 31.4. The van der Waals surface area contributed by atoms with Crippen LogP contribution in [-0.2, 0) is 0 Å². The maximum absolute atomic E-state index is 13.0. The average molecular weight is 430 g/mol. The molecule has 0 fully saturated rings. The van der Waals surface area contributed by atoms with Crippen LogP contribution in [0.4, 0.5) is 5.69 Å². The second-order valence-corrected chi connectivity index (χ2v) is 8.06. The molecule has 0 unspecified atom stereocenters. The van der Waals surface area contributed by atoms with E-state index in [2.05, 4.69) is 5.32 Å². The van der Waals surface area contributed by atoms with Gasteiger partial charge in [-0.25, -0.2) is 9.97 Å². The number of aryl methyl sites for hydroxylation is 1. The lowest BCUT2D eigenvalue weighted by Gasteiger charge is -2.12. The van der Waals surface area contributed by atoms with Gasteiger partial charge in [-0.05, 0) is 49.2 Å². The maximum atomic E-state index is 13.0. The molecule has 0 atom stereocenters. The van der Waals surface area contributed by atoms with Gasteiger partial charge in [-0.1, -0.05) is 72.8 Å².